The van der Waals surface area contributed by atoms with Crippen molar-refractivity contribution in [1.82, 2.24) is 4.90 Å². The fourth-order valence-corrected chi connectivity index (χ4v) is 3.44. The lowest BCUT2D eigenvalue weighted by molar-refractivity contribution is -0.126. The van der Waals surface area contributed by atoms with Gasteiger partial charge in [-0.25, -0.2) is 0 Å². The Bertz CT molecular complexity index is 808. The highest BCUT2D eigenvalue weighted by Gasteiger charge is 2.29. The zero-order valence-corrected chi connectivity index (χ0v) is 14.2. The van der Waals surface area contributed by atoms with E-state index in [-0.39, 0.29) is 11.9 Å². The Morgan fingerprint density at radius 1 is 1.16 bits per heavy atom. The molecule has 1 fully saturated rings. The van der Waals surface area contributed by atoms with Crippen molar-refractivity contribution in [3.05, 3.63) is 53.5 Å². The summed E-state index contributed by atoms with van der Waals surface area (Å²) < 4.78 is 16.7. The second-order valence-electron chi connectivity index (χ2n) is 6.37. The first kappa shape index (κ1) is 15.8. The van der Waals surface area contributed by atoms with Gasteiger partial charge >= 0.3 is 0 Å². The lowest BCUT2D eigenvalue weighted by Gasteiger charge is -2.26. The van der Waals surface area contributed by atoms with Gasteiger partial charge in [-0.15, -0.1) is 0 Å². The van der Waals surface area contributed by atoms with Crippen LogP contribution in [0.3, 0.4) is 0 Å². The lowest BCUT2D eigenvalue weighted by Crippen LogP contribution is -2.29. The van der Waals surface area contributed by atoms with Crippen LogP contribution in [0.2, 0.25) is 0 Å². The standard InChI is InChI=1S/C20H21NO4/c1-14-4-6-16(25-14)7-9-20(22)21-10-2-3-17(21)15-5-8-18-19(13-15)24-12-11-23-18/h4-9,13,17H,2-3,10-12H2,1H3/b9-7+. The third-order valence-corrected chi connectivity index (χ3v) is 4.64. The number of ether oxygens (including phenoxy) is 2. The molecule has 130 valence electrons. The molecule has 25 heavy (non-hydrogen) atoms. The molecule has 5 nitrogen and oxygen atoms in total. The number of nitrogens with zero attached hydrogens (tertiary/aromatic N) is 1. The maximum Gasteiger partial charge on any atom is 0.247 e. The van der Waals surface area contributed by atoms with E-state index < -0.39 is 0 Å². The highest BCUT2D eigenvalue weighted by Crippen LogP contribution is 2.38. The molecule has 1 saturated heterocycles. The van der Waals surface area contributed by atoms with E-state index in [1.54, 1.807) is 12.2 Å². The van der Waals surface area contributed by atoms with Gasteiger partial charge in [0.05, 0.1) is 6.04 Å². The van der Waals surface area contributed by atoms with E-state index in [2.05, 4.69) is 0 Å². The van der Waals surface area contributed by atoms with Crippen molar-refractivity contribution >= 4 is 12.0 Å². The number of rotatable bonds is 3. The van der Waals surface area contributed by atoms with Crippen LogP contribution in [0.15, 0.2) is 40.8 Å². The summed E-state index contributed by atoms with van der Waals surface area (Å²) >= 11 is 0. The van der Waals surface area contributed by atoms with Gasteiger partial charge in [0.25, 0.3) is 0 Å². The van der Waals surface area contributed by atoms with Crippen LogP contribution in [-0.2, 0) is 4.79 Å². The number of furan rings is 1. The quantitative estimate of drug-likeness (QED) is 0.800. The highest BCUT2D eigenvalue weighted by atomic mass is 16.6. The molecule has 0 saturated carbocycles. The number of carbonyl (C=O) groups is 1. The number of aryl methyl sites for hydroxylation is 1. The van der Waals surface area contributed by atoms with Crippen LogP contribution in [0.4, 0.5) is 0 Å². The minimum Gasteiger partial charge on any atom is -0.486 e. The largest absolute Gasteiger partial charge is 0.486 e. The van der Waals surface area contributed by atoms with Crippen LogP contribution in [-0.4, -0.2) is 30.6 Å². The van der Waals surface area contributed by atoms with E-state index in [9.17, 15) is 4.79 Å². The number of fused-ring (bicyclic) bond motifs is 1. The Hall–Kier alpha value is -2.69. The second-order valence-corrected chi connectivity index (χ2v) is 6.37. The molecule has 2 aliphatic rings. The molecular formula is C20H21NO4. The van der Waals surface area contributed by atoms with Crippen LogP contribution < -0.4 is 9.47 Å². The summed E-state index contributed by atoms with van der Waals surface area (Å²) in [5, 5.41) is 0. The van der Waals surface area contributed by atoms with E-state index in [1.807, 2.05) is 42.2 Å². The van der Waals surface area contributed by atoms with Gasteiger partial charge in [0.2, 0.25) is 5.91 Å². The van der Waals surface area contributed by atoms with E-state index in [4.69, 9.17) is 13.9 Å². The first-order chi connectivity index (χ1) is 12.2. The molecule has 1 aromatic carbocycles. The average Bonchev–Trinajstić information content (AvgIpc) is 3.28. The summed E-state index contributed by atoms with van der Waals surface area (Å²) in [4.78, 5) is 14.6. The van der Waals surface area contributed by atoms with Gasteiger partial charge in [0, 0.05) is 12.6 Å². The van der Waals surface area contributed by atoms with Crippen LogP contribution in [0.5, 0.6) is 11.5 Å². The Balaban J connectivity index is 1.52. The van der Waals surface area contributed by atoms with Crippen LogP contribution in [0, 0.1) is 6.92 Å². The molecule has 1 atom stereocenters. The van der Waals surface area contributed by atoms with E-state index in [0.29, 0.717) is 19.0 Å². The number of likely N-dealkylation sites (tertiary alicyclic amines) is 1. The number of benzene rings is 1. The number of amides is 1. The molecular weight excluding hydrogens is 318 g/mol. The summed E-state index contributed by atoms with van der Waals surface area (Å²) in [7, 11) is 0. The molecule has 3 heterocycles. The van der Waals surface area contributed by atoms with E-state index in [0.717, 1.165) is 42.2 Å². The van der Waals surface area contributed by atoms with Crippen molar-refractivity contribution < 1.29 is 18.7 Å². The average molecular weight is 339 g/mol. The number of carbonyl (C=O) groups excluding carboxylic acids is 1. The molecule has 1 unspecified atom stereocenters. The third-order valence-electron chi connectivity index (χ3n) is 4.64. The molecule has 1 aromatic heterocycles. The van der Waals surface area contributed by atoms with E-state index >= 15 is 0 Å². The first-order valence-electron chi connectivity index (χ1n) is 8.65. The Morgan fingerprint density at radius 3 is 2.80 bits per heavy atom. The molecule has 1 amide bonds. The van der Waals surface area contributed by atoms with Crippen molar-refractivity contribution in [2.45, 2.75) is 25.8 Å². The maximum absolute atomic E-state index is 12.6. The van der Waals surface area contributed by atoms with Gasteiger partial charge in [-0.2, -0.15) is 0 Å². The molecule has 0 bridgehead atoms. The van der Waals surface area contributed by atoms with Crippen molar-refractivity contribution in [2.75, 3.05) is 19.8 Å². The number of hydrogen-bond acceptors (Lipinski definition) is 4. The van der Waals surface area contributed by atoms with Crippen LogP contribution >= 0.6 is 0 Å². The molecule has 4 rings (SSSR count). The maximum atomic E-state index is 12.6. The summed E-state index contributed by atoms with van der Waals surface area (Å²) in [6.07, 6.45) is 5.28. The Kier molecular flexibility index (Phi) is 4.22. The minimum absolute atomic E-state index is 0.00596. The van der Waals surface area contributed by atoms with Gasteiger partial charge < -0.3 is 18.8 Å². The second kappa shape index (κ2) is 6.67. The van der Waals surface area contributed by atoms with Gasteiger partial charge in [-0.3, -0.25) is 4.79 Å². The zero-order chi connectivity index (χ0) is 17.2. The molecule has 2 aromatic rings. The Morgan fingerprint density at radius 2 is 2.00 bits per heavy atom. The monoisotopic (exact) mass is 339 g/mol. The highest BCUT2D eigenvalue weighted by molar-refractivity contribution is 5.92. The van der Waals surface area contributed by atoms with E-state index in [1.165, 1.54) is 0 Å². The van der Waals surface area contributed by atoms with Crippen molar-refractivity contribution in [1.29, 1.82) is 0 Å². The minimum atomic E-state index is 0.00596. The van der Waals surface area contributed by atoms with Crippen LogP contribution in [0.1, 0.15) is 36.0 Å². The fourth-order valence-electron chi connectivity index (χ4n) is 3.44. The van der Waals surface area contributed by atoms with Gasteiger partial charge in [-0.05, 0) is 55.7 Å². The SMILES string of the molecule is Cc1ccc(/C=C/C(=O)N2CCCC2c2ccc3c(c2)OCCO3)o1. The molecule has 5 heteroatoms. The third kappa shape index (κ3) is 3.27. The molecule has 0 spiro atoms. The molecule has 0 N–H and O–H groups in total. The Labute approximate surface area is 146 Å². The van der Waals surface area contributed by atoms with Crippen molar-refractivity contribution in [3.8, 4) is 11.5 Å². The predicted octanol–water partition coefficient (Wildman–Crippen LogP) is 3.74. The summed E-state index contributed by atoms with van der Waals surface area (Å²) in [6.45, 7) is 3.80. The summed E-state index contributed by atoms with van der Waals surface area (Å²) in [6, 6.07) is 9.80. The number of hydrogen-bond donors (Lipinski definition) is 0. The van der Waals surface area contributed by atoms with Crippen molar-refractivity contribution in [2.24, 2.45) is 0 Å². The fraction of sp³-hybridized carbons (Fsp3) is 0.350. The summed E-state index contributed by atoms with van der Waals surface area (Å²) in [5.41, 5.74) is 1.09. The topological polar surface area (TPSA) is 51.9 Å². The lowest BCUT2D eigenvalue weighted by atomic mass is 10.0. The zero-order valence-electron chi connectivity index (χ0n) is 14.2. The van der Waals surface area contributed by atoms with Gasteiger partial charge in [0.1, 0.15) is 24.7 Å². The summed E-state index contributed by atoms with van der Waals surface area (Å²) in [5.74, 6) is 3.08. The van der Waals surface area contributed by atoms with Crippen LogP contribution in [0.25, 0.3) is 6.08 Å². The van der Waals surface area contributed by atoms with Gasteiger partial charge in [0.15, 0.2) is 11.5 Å². The van der Waals surface area contributed by atoms with Crippen molar-refractivity contribution in [3.63, 3.8) is 0 Å². The normalized spacial score (nSPS) is 19.6. The van der Waals surface area contributed by atoms with Gasteiger partial charge in [-0.1, -0.05) is 6.07 Å². The molecule has 2 aliphatic heterocycles. The first-order valence-corrected chi connectivity index (χ1v) is 8.65. The molecule has 0 aliphatic carbocycles. The smallest absolute Gasteiger partial charge is 0.247 e. The predicted molar refractivity (Wildman–Crippen MR) is 93.6 cm³/mol. The molecule has 0 radical (unpaired) electrons.